The molecule has 194 valence electrons. The minimum absolute atomic E-state index is 0.0280. The van der Waals surface area contributed by atoms with Crippen molar-refractivity contribution >= 4 is 33.6 Å². The van der Waals surface area contributed by atoms with Crippen LogP contribution in [0.5, 0.6) is 5.75 Å². The topological polar surface area (TPSA) is 125 Å². The van der Waals surface area contributed by atoms with Gasteiger partial charge in [0.25, 0.3) is 5.56 Å². The summed E-state index contributed by atoms with van der Waals surface area (Å²) < 4.78 is 12.7. The number of hydrogen-bond donors (Lipinski definition) is 1. The third kappa shape index (κ3) is 6.61. The molecule has 0 aliphatic heterocycles. The summed E-state index contributed by atoms with van der Waals surface area (Å²) in [6.45, 7) is 2.84. The average Bonchev–Trinajstić information content (AvgIpc) is 3.33. The summed E-state index contributed by atoms with van der Waals surface area (Å²) in [7, 11) is 0. The van der Waals surface area contributed by atoms with Gasteiger partial charge in [-0.3, -0.25) is 14.4 Å². The van der Waals surface area contributed by atoms with Crippen molar-refractivity contribution in [2.24, 2.45) is 5.92 Å². The first kappa shape index (κ1) is 26.1. The Morgan fingerprint density at radius 2 is 1.89 bits per heavy atom. The molecule has 1 atom stereocenters. The molecule has 0 amide bonds. The van der Waals surface area contributed by atoms with Crippen LogP contribution in [-0.4, -0.2) is 38.5 Å². The summed E-state index contributed by atoms with van der Waals surface area (Å²) in [4.78, 5) is 37.4. The highest BCUT2D eigenvalue weighted by Gasteiger charge is 2.24. The van der Waals surface area contributed by atoms with Gasteiger partial charge in [-0.25, -0.2) is 4.68 Å². The number of ether oxygens (including phenoxy) is 1. The van der Waals surface area contributed by atoms with Crippen molar-refractivity contribution < 1.29 is 23.8 Å². The first-order chi connectivity index (χ1) is 18.0. The number of aryl methyl sites for hydroxylation is 1. The lowest BCUT2D eigenvalue weighted by atomic mass is 9.98. The van der Waals surface area contributed by atoms with Crippen molar-refractivity contribution in [2.45, 2.75) is 58.4 Å². The number of carbonyl (C=O) groups is 2. The molecule has 0 bridgehead atoms. The number of unbranched alkanes of at least 4 members (excludes halogenated alkanes) is 4. The zero-order valence-electron chi connectivity index (χ0n) is 20.9. The lowest BCUT2D eigenvalue weighted by molar-refractivity contribution is -0.142. The molecule has 1 unspecified atom stereocenters. The number of ketones is 1. The van der Waals surface area contributed by atoms with E-state index in [1.54, 1.807) is 42.5 Å². The Kier molecular flexibility index (Phi) is 8.66. The Morgan fingerprint density at radius 1 is 1.08 bits per heavy atom. The summed E-state index contributed by atoms with van der Waals surface area (Å²) in [5.74, 6) is -1.75. The van der Waals surface area contributed by atoms with Gasteiger partial charge in [0, 0.05) is 18.4 Å². The molecule has 1 N–H and O–H groups in total. The summed E-state index contributed by atoms with van der Waals surface area (Å²) in [5, 5.41) is 18.7. The Morgan fingerprint density at radius 3 is 2.70 bits per heavy atom. The molecule has 4 rings (SSSR count). The maximum atomic E-state index is 12.9. The first-order valence-electron chi connectivity index (χ1n) is 12.7. The second kappa shape index (κ2) is 12.3. The van der Waals surface area contributed by atoms with E-state index in [1.165, 1.54) is 19.3 Å². The molecule has 4 aromatic rings. The van der Waals surface area contributed by atoms with Gasteiger partial charge in [0.05, 0.1) is 17.9 Å². The number of nitrogens with zero attached hydrogens (tertiary/aromatic N) is 3. The van der Waals surface area contributed by atoms with Gasteiger partial charge in [-0.2, -0.15) is 0 Å². The number of aliphatic carboxylic acids is 1. The summed E-state index contributed by atoms with van der Waals surface area (Å²) in [5.41, 5.74) is 0.653. The van der Waals surface area contributed by atoms with Gasteiger partial charge in [0.1, 0.15) is 16.8 Å². The first-order valence-corrected chi connectivity index (χ1v) is 12.7. The largest absolute Gasteiger partial charge is 0.494 e. The van der Waals surface area contributed by atoms with Crippen molar-refractivity contribution in [1.82, 2.24) is 15.0 Å². The standard InChI is InChI=1S/C28H31N3O6/c1-2-3-4-5-8-15-36-21-11-12-25-20(16-21)18-26(37-25)24(32)17-19(28(34)35)13-14-31-27(33)22-9-6-7-10-23(22)29-30-31/h6-7,9-12,16,18-19H,2-5,8,13-15,17H2,1H3,(H,34,35). The molecule has 0 saturated carbocycles. The number of aromatic nitrogens is 3. The van der Waals surface area contributed by atoms with Crippen LogP contribution in [0.3, 0.4) is 0 Å². The van der Waals surface area contributed by atoms with E-state index in [1.807, 2.05) is 6.07 Å². The second-order valence-electron chi connectivity index (χ2n) is 9.16. The summed E-state index contributed by atoms with van der Waals surface area (Å²) >= 11 is 0. The van der Waals surface area contributed by atoms with Crippen molar-refractivity contribution in [1.29, 1.82) is 0 Å². The van der Waals surface area contributed by atoms with Crippen molar-refractivity contribution in [3.05, 3.63) is 64.6 Å². The van der Waals surface area contributed by atoms with E-state index in [2.05, 4.69) is 17.2 Å². The maximum Gasteiger partial charge on any atom is 0.307 e. The Bertz CT molecular complexity index is 1440. The normalized spacial score (nSPS) is 12.1. The molecule has 0 spiro atoms. The summed E-state index contributed by atoms with van der Waals surface area (Å²) in [6.07, 6.45) is 5.54. The number of fused-ring (bicyclic) bond motifs is 2. The molecule has 9 heteroatoms. The molecule has 0 radical (unpaired) electrons. The quantitative estimate of drug-likeness (QED) is 0.182. The molecule has 0 saturated heterocycles. The van der Waals surface area contributed by atoms with Gasteiger partial charge in [0.2, 0.25) is 0 Å². The highest BCUT2D eigenvalue weighted by Crippen LogP contribution is 2.26. The maximum absolute atomic E-state index is 12.9. The zero-order valence-corrected chi connectivity index (χ0v) is 20.9. The Hall–Kier alpha value is -4.01. The predicted molar refractivity (Wildman–Crippen MR) is 139 cm³/mol. The zero-order chi connectivity index (χ0) is 26.2. The van der Waals surface area contributed by atoms with E-state index in [-0.39, 0.29) is 30.7 Å². The third-order valence-electron chi connectivity index (χ3n) is 6.38. The molecule has 0 aliphatic carbocycles. The SMILES string of the molecule is CCCCCCCOc1ccc2oc(C(=O)CC(CCn3nnc4ccccc4c3=O)C(=O)O)cc2c1. The van der Waals surface area contributed by atoms with E-state index < -0.39 is 17.7 Å². The van der Waals surface area contributed by atoms with E-state index in [4.69, 9.17) is 9.15 Å². The number of Topliss-reactive ketones (excluding diaryl/α,β-unsaturated/α-hetero) is 1. The van der Waals surface area contributed by atoms with Gasteiger partial charge in [0.15, 0.2) is 11.5 Å². The molecule has 2 heterocycles. The van der Waals surface area contributed by atoms with Crippen molar-refractivity contribution in [3.63, 3.8) is 0 Å². The van der Waals surface area contributed by atoms with E-state index in [0.717, 1.165) is 22.9 Å². The lowest BCUT2D eigenvalue weighted by Crippen LogP contribution is -2.27. The van der Waals surface area contributed by atoms with Crippen LogP contribution in [0.25, 0.3) is 21.9 Å². The van der Waals surface area contributed by atoms with Crippen molar-refractivity contribution in [3.8, 4) is 5.75 Å². The number of hydrogen-bond acceptors (Lipinski definition) is 7. The van der Waals surface area contributed by atoms with E-state index >= 15 is 0 Å². The number of carboxylic acid groups (broad SMARTS) is 1. The van der Waals surface area contributed by atoms with Crippen LogP contribution < -0.4 is 10.3 Å². The Balaban J connectivity index is 1.37. The predicted octanol–water partition coefficient (Wildman–Crippen LogP) is 5.25. The molecule has 9 nitrogen and oxygen atoms in total. The molecule has 37 heavy (non-hydrogen) atoms. The van der Waals surface area contributed by atoms with E-state index in [9.17, 15) is 19.5 Å². The van der Waals surface area contributed by atoms with E-state index in [0.29, 0.717) is 28.8 Å². The van der Waals surface area contributed by atoms with Gasteiger partial charge in [-0.1, -0.05) is 50.0 Å². The average molecular weight is 506 g/mol. The van der Waals surface area contributed by atoms with Crippen LogP contribution in [0.1, 0.15) is 62.4 Å². The molecule has 0 fully saturated rings. The number of furan rings is 1. The molecule has 2 aromatic carbocycles. The Labute approximate surface area is 214 Å². The van der Waals surface area contributed by atoms with Crippen LogP contribution in [0, 0.1) is 5.92 Å². The van der Waals surface area contributed by atoms with Gasteiger partial charge in [-0.05, 0) is 49.2 Å². The van der Waals surface area contributed by atoms with Crippen LogP contribution in [0.2, 0.25) is 0 Å². The minimum Gasteiger partial charge on any atom is -0.494 e. The van der Waals surface area contributed by atoms with Gasteiger partial charge < -0.3 is 14.3 Å². The fourth-order valence-electron chi connectivity index (χ4n) is 4.23. The van der Waals surface area contributed by atoms with Crippen molar-refractivity contribution in [2.75, 3.05) is 6.61 Å². The van der Waals surface area contributed by atoms with Crippen LogP contribution in [-0.2, 0) is 11.3 Å². The highest BCUT2D eigenvalue weighted by molar-refractivity contribution is 5.99. The number of benzene rings is 2. The molecular weight excluding hydrogens is 474 g/mol. The van der Waals surface area contributed by atoms with Crippen LogP contribution >= 0.6 is 0 Å². The number of carbonyl (C=O) groups excluding carboxylic acids is 1. The smallest absolute Gasteiger partial charge is 0.307 e. The monoisotopic (exact) mass is 505 g/mol. The fraction of sp³-hybridized carbons (Fsp3) is 0.393. The van der Waals surface area contributed by atoms with Crippen LogP contribution in [0.15, 0.2) is 57.7 Å². The third-order valence-corrected chi connectivity index (χ3v) is 6.38. The lowest BCUT2D eigenvalue weighted by Gasteiger charge is -2.11. The minimum atomic E-state index is -1.12. The van der Waals surface area contributed by atoms with Gasteiger partial charge >= 0.3 is 5.97 Å². The number of rotatable bonds is 14. The number of carboxylic acids is 1. The second-order valence-corrected chi connectivity index (χ2v) is 9.16. The van der Waals surface area contributed by atoms with Crippen LogP contribution in [0.4, 0.5) is 0 Å². The summed E-state index contributed by atoms with van der Waals surface area (Å²) in [6, 6.07) is 13.8. The molecular formula is C28H31N3O6. The fourth-order valence-corrected chi connectivity index (χ4v) is 4.23. The molecule has 2 aromatic heterocycles. The highest BCUT2D eigenvalue weighted by atomic mass is 16.5. The molecule has 0 aliphatic rings. The van der Waals surface area contributed by atoms with Gasteiger partial charge in [-0.15, -0.1) is 5.10 Å².